The van der Waals surface area contributed by atoms with Crippen molar-refractivity contribution in [2.75, 3.05) is 9.80 Å². The van der Waals surface area contributed by atoms with Crippen molar-refractivity contribution in [3.63, 3.8) is 0 Å². The van der Waals surface area contributed by atoms with E-state index in [-0.39, 0.29) is 0 Å². The van der Waals surface area contributed by atoms with E-state index in [2.05, 4.69) is 233 Å². The Balaban J connectivity index is 1.32. The van der Waals surface area contributed by atoms with Crippen LogP contribution in [-0.2, 0) is 0 Å². The molecule has 8 aromatic carbocycles. The SMILES string of the molecule is N#Cc1c(N2c3ccccc3Sc3ccccc32)cc(-c2cccc(I)c2)cc1N1c2ccccc2[Si](c2ccccc2)(c2ccccc2)c2ccccc21. The summed E-state index contributed by atoms with van der Waals surface area (Å²) in [5.41, 5.74) is 8.78. The van der Waals surface area contributed by atoms with Crippen molar-refractivity contribution in [3.05, 3.63) is 203 Å². The highest BCUT2D eigenvalue weighted by Gasteiger charge is 2.49. The zero-order valence-electron chi connectivity index (χ0n) is 29.6. The van der Waals surface area contributed by atoms with Gasteiger partial charge in [-0.1, -0.05) is 145 Å². The van der Waals surface area contributed by atoms with Gasteiger partial charge in [0.15, 0.2) is 8.07 Å². The number of fused-ring (bicyclic) bond motifs is 4. The van der Waals surface area contributed by atoms with E-state index in [1.807, 2.05) is 0 Å². The number of nitriles is 1. The van der Waals surface area contributed by atoms with Gasteiger partial charge in [0, 0.05) is 24.7 Å². The normalized spacial score (nSPS) is 13.5. The van der Waals surface area contributed by atoms with E-state index in [1.165, 1.54) is 20.7 Å². The predicted octanol–water partition coefficient (Wildman–Crippen LogP) is 10.9. The highest BCUT2D eigenvalue weighted by atomic mass is 127. The maximum absolute atomic E-state index is 11.5. The summed E-state index contributed by atoms with van der Waals surface area (Å²) in [5, 5.41) is 16.8. The lowest BCUT2D eigenvalue weighted by molar-refractivity contribution is 1.15. The quantitative estimate of drug-likeness (QED) is 0.127. The number of benzene rings is 8. The van der Waals surface area contributed by atoms with Gasteiger partial charge < -0.3 is 9.80 Å². The number of hydrogen-bond donors (Lipinski definition) is 0. The Morgan fingerprint density at radius 3 is 1.40 bits per heavy atom. The van der Waals surface area contributed by atoms with Crippen LogP contribution in [0.2, 0.25) is 0 Å². The Hall–Kier alpha value is -5.85. The van der Waals surface area contributed by atoms with E-state index in [1.54, 1.807) is 11.8 Å². The van der Waals surface area contributed by atoms with Crippen molar-refractivity contribution < 1.29 is 0 Å². The van der Waals surface area contributed by atoms with Gasteiger partial charge in [-0.3, -0.25) is 0 Å². The molecule has 3 nitrogen and oxygen atoms in total. The molecule has 260 valence electrons. The molecule has 0 amide bonds. The Kier molecular flexibility index (Phi) is 8.44. The first-order chi connectivity index (χ1) is 27.2. The maximum atomic E-state index is 11.5. The number of para-hydroxylation sites is 4. The first-order valence-electron chi connectivity index (χ1n) is 18.3. The Morgan fingerprint density at radius 2 is 0.891 bits per heavy atom. The van der Waals surface area contributed by atoms with Crippen LogP contribution in [-0.4, -0.2) is 8.07 Å². The van der Waals surface area contributed by atoms with Crippen LogP contribution in [0.1, 0.15) is 5.56 Å². The van der Waals surface area contributed by atoms with E-state index in [9.17, 15) is 5.26 Å². The molecule has 0 radical (unpaired) electrons. The molecule has 2 aliphatic heterocycles. The van der Waals surface area contributed by atoms with Crippen LogP contribution in [0.15, 0.2) is 204 Å². The van der Waals surface area contributed by atoms with Gasteiger partial charge >= 0.3 is 0 Å². The van der Waals surface area contributed by atoms with Crippen molar-refractivity contribution in [1.82, 2.24) is 0 Å². The number of hydrogen-bond acceptors (Lipinski definition) is 4. The molecule has 0 atom stereocenters. The van der Waals surface area contributed by atoms with E-state index in [0.29, 0.717) is 5.56 Å². The second kappa shape index (κ2) is 13.8. The standard InChI is InChI=1S/C49H32IN3SSi/c50-36-17-15-16-34(30-36)35-31-44(52-40-22-7-11-26-46(40)54-47-27-12-8-23-41(47)52)39(33-51)45(32-35)53-42-24-9-13-28-48(42)55(37-18-3-1-4-19-37,38-20-5-2-6-21-38)49-29-14-10-25-43(49)53/h1-32H. The van der Waals surface area contributed by atoms with Crippen LogP contribution in [0, 0.1) is 14.9 Å². The molecule has 0 unspecified atom stereocenters. The summed E-state index contributed by atoms with van der Waals surface area (Å²) in [5.74, 6) is 0. The van der Waals surface area contributed by atoms with Crippen molar-refractivity contribution in [2.24, 2.45) is 0 Å². The van der Waals surface area contributed by atoms with Gasteiger partial charge in [-0.15, -0.1) is 0 Å². The second-order valence-corrected chi connectivity index (χ2v) is 19.8. The predicted molar refractivity (Wildman–Crippen MR) is 240 cm³/mol. The minimum absolute atomic E-state index is 0.615. The van der Waals surface area contributed by atoms with E-state index in [0.717, 1.165) is 58.6 Å². The topological polar surface area (TPSA) is 30.3 Å². The molecule has 10 rings (SSSR count). The van der Waals surface area contributed by atoms with Gasteiger partial charge in [-0.2, -0.15) is 5.26 Å². The molecule has 6 heteroatoms. The Bertz CT molecular complexity index is 2670. The third-order valence-corrected chi connectivity index (χ3v) is 17.5. The van der Waals surface area contributed by atoms with Gasteiger partial charge in [0.05, 0.1) is 22.7 Å². The van der Waals surface area contributed by atoms with Crippen molar-refractivity contribution in [3.8, 4) is 17.2 Å². The van der Waals surface area contributed by atoms with Gasteiger partial charge in [0.25, 0.3) is 0 Å². The fraction of sp³-hybridized carbons (Fsp3) is 0. The molecule has 0 aliphatic carbocycles. The molecule has 0 bridgehead atoms. The monoisotopic (exact) mass is 849 g/mol. The molecule has 0 spiro atoms. The van der Waals surface area contributed by atoms with Crippen LogP contribution in [0.25, 0.3) is 11.1 Å². The lowest BCUT2D eigenvalue weighted by atomic mass is 9.98. The molecule has 0 N–H and O–H groups in total. The third kappa shape index (κ3) is 5.37. The van der Waals surface area contributed by atoms with Gasteiger partial charge in [-0.25, -0.2) is 0 Å². The highest BCUT2D eigenvalue weighted by molar-refractivity contribution is 14.1. The number of halogens is 1. The molecular weight excluding hydrogens is 818 g/mol. The molecule has 0 saturated heterocycles. The summed E-state index contributed by atoms with van der Waals surface area (Å²) in [6.45, 7) is 0. The van der Waals surface area contributed by atoms with Gasteiger partial charge in [0.1, 0.15) is 11.6 Å². The third-order valence-electron chi connectivity index (χ3n) is 10.8. The van der Waals surface area contributed by atoms with Gasteiger partial charge in [-0.05, 0) is 115 Å². The summed E-state index contributed by atoms with van der Waals surface area (Å²) in [4.78, 5) is 6.98. The number of rotatable bonds is 5. The van der Waals surface area contributed by atoms with Crippen LogP contribution in [0.5, 0.6) is 0 Å². The molecule has 0 saturated carbocycles. The second-order valence-electron chi connectivity index (χ2n) is 13.7. The molecule has 0 fully saturated rings. The fourth-order valence-corrected chi connectivity index (χ4v) is 15.3. The molecule has 2 aliphatic rings. The highest BCUT2D eigenvalue weighted by Crippen LogP contribution is 2.54. The minimum Gasteiger partial charge on any atom is -0.309 e. The zero-order valence-corrected chi connectivity index (χ0v) is 33.6. The summed E-state index contributed by atoms with van der Waals surface area (Å²) in [6, 6.07) is 72.8. The molecule has 0 aromatic heterocycles. The fourth-order valence-electron chi connectivity index (χ4n) is 8.55. The lowest BCUT2D eigenvalue weighted by Gasteiger charge is -2.45. The number of anilines is 6. The Labute approximate surface area is 340 Å². The minimum atomic E-state index is -2.84. The molecule has 55 heavy (non-hydrogen) atoms. The average Bonchev–Trinajstić information content (AvgIpc) is 3.25. The zero-order chi connectivity index (χ0) is 36.9. The molecular formula is C49H32IN3SSi. The van der Waals surface area contributed by atoms with Crippen LogP contribution >= 0.6 is 34.4 Å². The van der Waals surface area contributed by atoms with Gasteiger partial charge in [0.2, 0.25) is 0 Å². The first-order valence-corrected chi connectivity index (χ1v) is 22.2. The van der Waals surface area contributed by atoms with Crippen LogP contribution in [0.3, 0.4) is 0 Å². The lowest BCUT2D eigenvalue weighted by Crippen LogP contribution is -2.77. The largest absolute Gasteiger partial charge is 0.309 e. The van der Waals surface area contributed by atoms with Crippen LogP contribution in [0.4, 0.5) is 34.1 Å². The van der Waals surface area contributed by atoms with E-state index < -0.39 is 8.07 Å². The first kappa shape index (κ1) is 33.7. The smallest absolute Gasteiger partial charge is 0.184 e. The van der Waals surface area contributed by atoms with Crippen LogP contribution < -0.4 is 30.5 Å². The van der Waals surface area contributed by atoms with Crippen molar-refractivity contribution in [1.29, 1.82) is 5.26 Å². The average molecular weight is 850 g/mol. The van der Waals surface area contributed by atoms with E-state index in [4.69, 9.17) is 0 Å². The van der Waals surface area contributed by atoms with Crippen molar-refractivity contribution >= 4 is 97.3 Å². The molecule has 8 aromatic rings. The summed E-state index contributed by atoms with van der Waals surface area (Å²) in [6.07, 6.45) is 0. The number of nitrogens with zero attached hydrogens (tertiary/aromatic N) is 3. The summed E-state index contributed by atoms with van der Waals surface area (Å²) < 4.78 is 1.16. The Morgan fingerprint density at radius 1 is 0.436 bits per heavy atom. The maximum Gasteiger partial charge on any atom is 0.184 e. The van der Waals surface area contributed by atoms with Crippen molar-refractivity contribution in [2.45, 2.75) is 9.79 Å². The van der Waals surface area contributed by atoms with E-state index >= 15 is 0 Å². The summed E-state index contributed by atoms with van der Waals surface area (Å²) in [7, 11) is -2.84. The molecule has 2 heterocycles. The summed E-state index contributed by atoms with van der Waals surface area (Å²) >= 11 is 4.17.